The topological polar surface area (TPSA) is 193 Å². The van der Waals surface area contributed by atoms with E-state index in [0.29, 0.717) is 38.4 Å². The van der Waals surface area contributed by atoms with Gasteiger partial charge in [0.15, 0.2) is 0 Å². The fourth-order valence-electron chi connectivity index (χ4n) is 10.3. The number of hydrogen-bond donors (Lipinski definition) is 5. The van der Waals surface area contributed by atoms with Gasteiger partial charge in [0.05, 0.1) is 50.1 Å². The maximum Gasteiger partial charge on any atom is 0.407 e. The van der Waals surface area contributed by atoms with Crippen LogP contribution in [-0.2, 0) is 23.8 Å². The Labute approximate surface area is 379 Å². The summed E-state index contributed by atoms with van der Waals surface area (Å²) < 4.78 is 15.2. The summed E-state index contributed by atoms with van der Waals surface area (Å²) in [6.45, 7) is 5.61. The van der Waals surface area contributed by atoms with Gasteiger partial charge >= 0.3 is 12.2 Å². The highest BCUT2D eigenvalue weighted by atomic mass is 16.5. The van der Waals surface area contributed by atoms with Crippen LogP contribution in [-0.4, -0.2) is 94.9 Å². The SMILES string of the molecule is COC(=O)N[C@H](C(=O)N1CC2(CC2)C[C@H]1c1ncc(-c2ccc3cc(-c4ccc(-c5cnc([C@@H](NC(=O)[C@@H](NC(=O)OC)C6CCOCC6)C6CCCC6)[nH]5)cc4)ccc3c2)[nH]1)C(C)C. The second kappa shape index (κ2) is 18.7. The van der Waals surface area contributed by atoms with Crippen LogP contribution >= 0.6 is 0 Å². The summed E-state index contributed by atoms with van der Waals surface area (Å²) in [5.41, 5.74) is 6.02. The molecule has 2 saturated carbocycles. The molecule has 0 bridgehead atoms. The largest absolute Gasteiger partial charge is 0.453 e. The molecule has 2 aromatic heterocycles. The molecule has 2 aliphatic heterocycles. The number of aromatic nitrogens is 4. The summed E-state index contributed by atoms with van der Waals surface area (Å²) in [5.74, 6) is 1.19. The van der Waals surface area contributed by atoms with Crippen LogP contribution in [0, 0.1) is 23.2 Å². The number of benzene rings is 3. The molecule has 342 valence electrons. The van der Waals surface area contributed by atoms with Crippen molar-refractivity contribution in [2.24, 2.45) is 23.2 Å². The smallest absolute Gasteiger partial charge is 0.407 e. The highest BCUT2D eigenvalue weighted by Crippen LogP contribution is 2.58. The molecule has 4 aliphatic rings. The summed E-state index contributed by atoms with van der Waals surface area (Å²) in [6, 6.07) is 19.3. The lowest BCUT2D eigenvalue weighted by Gasteiger charge is -2.32. The van der Waals surface area contributed by atoms with E-state index >= 15 is 0 Å². The van der Waals surface area contributed by atoms with Gasteiger partial charge in [-0.1, -0.05) is 75.2 Å². The molecule has 4 atom stereocenters. The predicted molar refractivity (Wildman–Crippen MR) is 245 cm³/mol. The Hall–Kier alpha value is -6.22. The third kappa shape index (κ3) is 9.47. The maximum atomic E-state index is 13.9. The summed E-state index contributed by atoms with van der Waals surface area (Å²) in [5, 5.41) is 11.0. The average molecular weight is 885 g/mol. The van der Waals surface area contributed by atoms with Crippen molar-refractivity contribution in [2.75, 3.05) is 34.0 Å². The number of methoxy groups -OCH3 is 2. The highest BCUT2D eigenvalue weighted by Gasteiger charge is 2.55. The number of ether oxygens (including phenoxy) is 3. The second-order valence-electron chi connectivity index (χ2n) is 18.9. The zero-order valence-corrected chi connectivity index (χ0v) is 37.7. The first-order chi connectivity index (χ1) is 31.5. The van der Waals surface area contributed by atoms with E-state index < -0.39 is 24.3 Å². The van der Waals surface area contributed by atoms with Gasteiger partial charge in [0, 0.05) is 25.3 Å². The average Bonchev–Trinajstić information content (AvgIpc) is 3.91. The standard InChI is InChI=1S/C50H60N8O7/c1-29(2)41(56-48(61)63-3)47(60)58-28-50(19-20-50)25-40(58)44-51-27-39(53-44)37-16-15-35-23-34(13-14-36(35)24-37)30-9-11-31(12-10-30)38-26-52-45(54-38)42(32-7-5-6-8-32)55-46(59)43(57-49(62)64-4)33-17-21-65-22-18-33/h9-16,23-24,26-27,29,32-33,40-43H,5-8,17-22,25,28H2,1-4H3,(H,51,53)(H,52,54)(H,55,59)(H,56,61)(H,57,62)/t40-,41-,42-,43-/m0/s1. The Balaban J connectivity index is 0.886. The molecule has 2 saturated heterocycles. The zero-order chi connectivity index (χ0) is 45.2. The summed E-state index contributed by atoms with van der Waals surface area (Å²) >= 11 is 0. The summed E-state index contributed by atoms with van der Waals surface area (Å²) in [4.78, 5) is 70.9. The van der Waals surface area contributed by atoms with Crippen molar-refractivity contribution in [3.05, 3.63) is 84.7 Å². The number of carbonyl (C=O) groups excluding carboxylic acids is 4. The van der Waals surface area contributed by atoms with E-state index in [-0.39, 0.29) is 47.1 Å². The number of alkyl carbamates (subject to hydrolysis) is 2. The molecular weight excluding hydrogens is 825 g/mol. The van der Waals surface area contributed by atoms with Crippen molar-refractivity contribution in [3.8, 4) is 33.6 Å². The molecule has 2 aliphatic carbocycles. The van der Waals surface area contributed by atoms with Crippen LogP contribution in [0.4, 0.5) is 9.59 Å². The number of imidazole rings is 2. The Bertz CT molecular complexity index is 2520. The van der Waals surface area contributed by atoms with Crippen molar-refractivity contribution in [1.82, 2.24) is 40.8 Å². The molecule has 9 rings (SSSR count). The summed E-state index contributed by atoms with van der Waals surface area (Å²) in [7, 11) is 2.61. The van der Waals surface area contributed by atoms with Crippen molar-refractivity contribution < 1.29 is 33.4 Å². The lowest BCUT2D eigenvalue weighted by atomic mass is 9.90. The third-order valence-electron chi connectivity index (χ3n) is 14.3. The molecular formula is C50H60N8O7. The van der Waals surface area contributed by atoms with Crippen molar-refractivity contribution >= 4 is 34.8 Å². The zero-order valence-electron chi connectivity index (χ0n) is 37.7. The van der Waals surface area contributed by atoms with Crippen molar-refractivity contribution in [2.45, 2.75) is 95.8 Å². The van der Waals surface area contributed by atoms with Crippen LogP contribution in [0.15, 0.2) is 73.1 Å². The molecule has 4 fully saturated rings. The van der Waals surface area contributed by atoms with E-state index in [4.69, 9.17) is 24.2 Å². The quantitative estimate of drug-likeness (QED) is 0.0775. The first kappa shape index (κ1) is 44.0. The maximum absolute atomic E-state index is 13.9. The predicted octanol–water partition coefficient (Wildman–Crippen LogP) is 8.22. The number of hydrogen-bond acceptors (Lipinski definition) is 9. The number of nitrogens with one attached hydrogen (secondary N) is 5. The molecule has 4 amide bonds. The molecule has 15 heteroatoms. The number of carbonyl (C=O) groups is 4. The van der Waals surface area contributed by atoms with Gasteiger partial charge in [0.25, 0.3) is 0 Å². The molecule has 4 heterocycles. The van der Waals surface area contributed by atoms with Crippen LogP contribution in [0.1, 0.15) is 95.4 Å². The monoisotopic (exact) mass is 884 g/mol. The van der Waals surface area contributed by atoms with Crippen LogP contribution in [0.2, 0.25) is 0 Å². The molecule has 15 nitrogen and oxygen atoms in total. The lowest BCUT2D eigenvalue weighted by Crippen LogP contribution is -2.53. The minimum Gasteiger partial charge on any atom is -0.453 e. The first-order valence-corrected chi connectivity index (χ1v) is 23.1. The third-order valence-corrected chi connectivity index (χ3v) is 14.3. The van der Waals surface area contributed by atoms with Crippen LogP contribution < -0.4 is 16.0 Å². The number of likely N-dealkylation sites (tertiary alicyclic amines) is 1. The van der Waals surface area contributed by atoms with Crippen LogP contribution in [0.25, 0.3) is 44.4 Å². The molecule has 5 N–H and O–H groups in total. The van der Waals surface area contributed by atoms with E-state index in [1.54, 1.807) is 0 Å². The second-order valence-corrected chi connectivity index (χ2v) is 18.9. The van der Waals surface area contributed by atoms with E-state index in [0.717, 1.165) is 95.2 Å². The fraction of sp³-hybridized carbons (Fsp3) is 0.480. The number of nitrogens with zero attached hydrogens (tertiary/aromatic N) is 3. The normalized spacial score (nSPS) is 19.8. The van der Waals surface area contributed by atoms with Gasteiger partial charge in [-0.3, -0.25) is 9.59 Å². The highest BCUT2D eigenvalue weighted by molar-refractivity contribution is 5.91. The van der Waals surface area contributed by atoms with E-state index in [9.17, 15) is 19.2 Å². The van der Waals surface area contributed by atoms with Gasteiger partial charge in [0.1, 0.15) is 23.7 Å². The number of amides is 4. The number of fused-ring (bicyclic) bond motifs is 1. The molecule has 3 aromatic carbocycles. The Kier molecular flexibility index (Phi) is 12.7. The number of H-pyrrole nitrogens is 2. The molecule has 0 unspecified atom stereocenters. The van der Waals surface area contributed by atoms with Crippen molar-refractivity contribution in [1.29, 1.82) is 0 Å². The van der Waals surface area contributed by atoms with E-state index in [1.165, 1.54) is 14.2 Å². The van der Waals surface area contributed by atoms with Crippen LogP contribution in [0.5, 0.6) is 0 Å². The van der Waals surface area contributed by atoms with Crippen LogP contribution in [0.3, 0.4) is 0 Å². The van der Waals surface area contributed by atoms with Crippen molar-refractivity contribution in [3.63, 3.8) is 0 Å². The van der Waals surface area contributed by atoms with Gasteiger partial charge < -0.3 is 45.0 Å². The van der Waals surface area contributed by atoms with Gasteiger partial charge in [-0.05, 0) is 108 Å². The minimum absolute atomic E-state index is 0.0539. The minimum atomic E-state index is -0.731. The molecule has 5 aromatic rings. The van der Waals surface area contributed by atoms with Gasteiger partial charge in [-0.2, -0.15) is 0 Å². The Morgan fingerprint density at radius 2 is 1.35 bits per heavy atom. The Morgan fingerprint density at radius 1 is 0.738 bits per heavy atom. The fourth-order valence-corrected chi connectivity index (χ4v) is 10.3. The van der Waals surface area contributed by atoms with Gasteiger partial charge in [-0.15, -0.1) is 0 Å². The van der Waals surface area contributed by atoms with E-state index in [1.807, 2.05) is 31.1 Å². The number of rotatable bonds is 13. The molecule has 0 radical (unpaired) electrons. The first-order valence-electron chi connectivity index (χ1n) is 23.1. The number of aromatic amines is 2. The summed E-state index contributed by atoms with van der Waals surface area (Å²) in [6.07, 6.45) is 11.0. The Morgan fingerprint density at radius 3 is 2.03 bits per heavy atom. The van der Waals surface area contributed by atoms with Gasteiger partial charge in [0.2, 0.25) is 11.8 Å². The van der Waals surface area contributed by atoms with E-state index in [2.05, 4.69) is 86.6 Å². The molecule has 1 spiro atoms. The molecule has 65 heavy (non-hydrogen) atoms. The lowest BCUT2D eigenvalue weighted by molar-refractivity contribution is -0.135. The van der Waals surface area contributed by atoms with Gasteiger partial charge in [-0.25, -0.2) is 19.6 Å².